The Morgan fingerprint density at radius 1 is 0.640 bits per heavy atom. The molecule has 0 aromatic heterocycles. The first-order valence-electron chi connectivity index (χ1n) is 8.27. The Morgan fingerprint density at radius 3 is 1.44 bits per heavy atom. The lowest BCUT2D eigenvalue weighted by atomic mass is 10.2. The van der Waals surface area contributed by atoms with E-state index in [2.05, 4.69) is 96.5 Å². The van der Waals surface area contributed by atoms with E-state index in [1.165, 1.54) is 36.5 Å². The number of thioether (sulfide) groups is 2. The van der Waals surface area contributed by atoms with Crippen LogP contribution in [-0.4, -0.2) is 0 Å². The third-order valence-electron chi connectivity index (χ3n) is 3.99. The van der Waals surface area contributed by atoms with Gasteiger partial charge in [-0.15, -0.1) is 23.5 Å². The Kier molecular flexibility index (Phi) is 6.69. The van der Waals surface area contributed by atoms with E-state index in [1.54, 1.807) is 0 Å². The van der Waals surface area contributed by atoms with Gasteiger partial charge in [0.25, 0.3) is 0 Å². The van der Waals surface area contributed by atoms with E-state index < -0.39 is 0 Å². The average molecular weight is 429 g/mol. The number of halogens is 1. The van der Waals surface area contributed by atoms with Crippen LogP contribution in [0.5, 0.6) is 0 Å². The van der Waals surface area contributed by atoms with Gasteiger partial charge in [-0.3, -0.25) is 0 Å². The van der Waals surface area contributed by atoms with Gasteiger partial charge < -0.3 is 0 Å². The molecule has 0 bridgehead atoms. The second-order valence-corrected chi connectivity index (χ2v) is 8.98. The zero-order valence-electron chi connectivity index (χ0n) is 14.5. The summed E-state index contributed by atoms with van der Waals surface area (Å²) in [5.74, 6) is 1.96. The highest BCUT2D eigenvalue weighted by atomic mass is 79.9. The van der Waals surface area contributed by atoms with E-state index in [0.717, 1.165) is 11.5 Å². The molecule has 0 aliphatic rings. The smallest absolute Gasteiger partial charge is 0.0256 e. The van der Waals surface area contributed by atoms with Gasteiger partial charge in [0.15, 0.2) is 0 Å². The van der Waals surface area contributed by atoms with Crippen molar-refractivity contribution in [1.29, 1.82) is 0 Å². The van der Waals surface area contributed by atoms with Crippen molar-refractivity contribution in [3.63, 3.8) is 0 Å². The summed E-state index contributed by atoms with van der Waals surface area (Å²) >= 11 is 7.59. The predicted molar refractivity (Wildman–Crippen MR) is 116 cm³/mol. The molecule has 3 heteroatoms. The molecule has 3 aromatic rings. The van der Waals surface area contributed by atoms with E-state index in [4.69, 9.17) is 0 Å². The van der Waals surface area contributed by atoms with Gasteiger partial charge in [0.1, 0.15) is 0 Å². The van der Waals surface area contributed by atoms with Crippen LogP contribution in [0.25, 0.3) is 0 Å². The van der Waals surface area contributed by atoms with Crippen molar-refractivity contribution in [3.05, 3.63) is 93.5 Å². The number of hydrogen-bond donors (Lipinski definition) is 0. The minimum Gasteiger partial charge on any atom is -0.121 e. The fraction of sp³-hybridized carbons (Fsp3) is 0.182. The molecular weight excluding hydrogens is 408 g/mol. The first-order valence-corrected chi connectivity index (χ1v) is 11.0. The minimum atomic E-state index is 0.979. The van der Waals surface area contributed by atoms with Crippen molar-refractivity contribution in [2.45, 2.75) is 35.1 Å². The molecule has 0 saturated carbocycles. The molecule has 3 rings (SSSR count). The molecule has 0 heterocycles. The summed E-state index contributed by atoms with van der Waals surface area (Å²) in [5, 5.41) is 0. The fourth-order valence-electron chi connectivity index (χ4n) is 2.45. The van der Waals surface area contributed by atoms with Crippen LogP contribution in [0.1, 0.15) is 22.3 Å². The number of aryl methyl sites for hydroxylation is 2. The molecule has 0 aliphatic carbocycles. The Labute approximate surface area is 167 Å². The quantitative estimate of drug-likeness (QED) is 0.369. The Bertz CT molecular complexity index is 756. The van der Waals surface area contributed by atoms with Gasteiger partial charge >= 0.3 is 0 Å². The molecule has 0 saturated heterocycles. The topological polar surface area (TPSA) is 0 Å². The van der Waals surface area contributed by atoms with Gasteiger partial charge in [-0.1, -0.05) is 69.5 Å². The Morgan fingerprint density at radius 2 is 1.04 bits per heavy atom. The first-order chi connectivity index (χ1) is 12.1. The predicted octanol–water partition coefficient (Wildman–Crippen LogP) is 7.65. The molecule has 0 aliphatic heterocycles. The summed E-state index contributed by atoms with van der Waals surface area (Å²) in [6.07, 6.45) is 0. The molecule has 0 amide bonds. The molecule has 25 heavy (non-hydrogen) atoms. The second kappa shape index (κ2) is 8.98. The summed E-state index contributed by atoms with van der Waals surface area (Å²) in [6.45, 7) is 4.25. The maximum absolute atomic E-state index is 3.82. The van der Waals surface area contributed by atoms with Crippen molar-refractivity contribution >= 4 is 39.5 Å². The van der Waals surface area contributed by atoms with E-state index in [9.17, 15) is 0 Å². The van der Waals surface area contributed by atoms with Crippen LogP contribution in [-0.2, 0) is 11.5 Å². The summed E-state index contributed by atoms with van der Waals surface area (Å²) in [4.78, 5) is 2.63. The number of benzene rings is 3. The van der Waals surface area contributed by atoms with Gasteiger partial charge in [-0.2, -0.15) is 0 Å². The average Bonchev–Trinajstić information content (AvgIpc) is 2.62. The minimum absolute atomic E-state index is 0.979. The van der Waals surface area contributed by atoms with Crippen LogP contribution in [0, 0.1) is 13.8 Å². The molecule has 0 fully saturated rings. The van der Waals surface area contributed by atoms with Crippen molar-refractivity contribution in [1.82, 2.24) is 0 Å². The molecule has 128 valence electrons. The lowest BCUT2D eigenvalue weighted by molar-refractivity contribution is 1.28. The SMILES string of the molecule is Cc1ccc(SCc2cccc(CSc3ccc(C)cc3)c2Br)cc1. The van der Waals surface area contributed by atoms with Crippen LogP contribution >= 0.6 is 39.5 Å². The van der Waals surface area contributed by atoms with E-state index in [0.29, 0.717) is 0 Å². The van der Waals surface area contributed by atoms with Crippen molar-refractivity contribution in [3.8, 4) is 0 Å². The van der Waals surface area contributed by atoms with Crippen LogP contribution < -0.4 is 0 Å². The van der Waals surface area contributed by atoms with Crippen LogP contribution in [0.2, 0.25) is 0 Å². The van der Waals surface area contributed by atoms with E-state index >= 15 is 0 Å². The maximum Gasteiger partial charge on any atom is 0.0256 e. The molecule has 0 unspecified atom stereocenters. The molecule has 0 N–H and O–H groups in total. The van der Waals surface area contributed by atoms with Crippen molar-refractivity contribution in [2.24, 2.45) is 0 Å². The molecule has 0 spiro atoms. The highest BCUT2D eigenvalue weighted by Gasteiger charge is 2.07. The number of rotatable bonds is 6. The van der Waals surface area contributed by atoms with Crippen LogP contribution in [0.4, 0.5) is 0 Å². The van der Waals surface area contributed by atoms with Gasteiger partial charge in [0.05, 0.1) is 0 Å². The largest absolute Gasteiger partial charge is 0.121 e. The van der Waals surface area contributed by atoms with Gasteiger partial charge in [0.2, 0.25) is 0 Å². The maximum atomic E-state index is 3.82. The first kappa shape index (κ1) is 18.6. The third kappa shape index (κ3) is 5.40. The van der Waals surface area contributed by atoms with Crippen LogP contribution in [0.15, 0.2) is 81.0 Å². The summed E-state index contributed by atoms with van der Waals surface area (Å²) in [6, 6.07) is 24.1. The summed E-state index contributed by atoms with van der Waals surface area (Å²) in [7, 11) is 0. The molecule has 3 aromatic carbocycles. The zero-order chi connectivity index (χ0) is 17.6. The van der Waals surface area contributed by atoms with Gasteiger partial charge in [-0.05, 0) is 49.2 Å². The summed E-state index contributed by atoms with van der Waals surface area (Å²) in [5.41, 5.74) is 5.32. The molecule has 0 radical (unpaired) electrons. The third-order valence-corrected chi connectivity index (χ3v) is 7.13. The molecular formula is C22H21BrS2. The van der Waals surface area contributed by atoms with E-state index in [-0.39, 0.29) is 0 Å². The van der Waals surface area contributed by atoms with Crippen LogP contribution in [0.3, 0.4) is 0 Å². The summed E-state index contributed by atoms with van der Waals surface area (Å²) < 4.78 is 1.24. The fourth-order valence-corrected chi connectivity index (χ4v) is 5.15. The van der Waals surface area contributed by atoms with Gasteiger partial charge in [0, 0.05) is 25.8 Å². The zero-order valence-corrected chi connectivity index (χ0v) is 17.7. The molecule has 0 atom stereocenters. The van der Waals surface area contributed by atoms with E-state index in [1.807, 2.05) is 23.5 Å². The van der Waals surface area contributed by atoms with Gasteiger partial charge in [-0.25, -0.2) is 0 Å². The lowest BCUT2D eigenvalue weighted by Gasteiger charge is -2.10. The van der Waals surface area contributed by atoms with Crippen molar-refractivity contribution in [2.75, 3.05) is 0 Å². The van der Waals surface area contributed by atoms with Crippen molar-refractivity contribution < 1.29 is 0 Å². The monoisotopic (exact) mass is 428 g/mol. The Balaban J connectivity index is 1.64. The normalized spacial score (nSPS) is 10.8. The standard InChI is InChI=1S/C22H21BrS2/c1-16-6-10-20(11-7-16)24-14-18-4-3-5-19(22(18)23)15-25-21-12-8-17(2)9-13-21/h3-13H,14-15H2,1-2H3. The highest BCUT2D eigenvalue weighted by Crippen LogP contribution is 2.32. The lowest BCUT2D eigenvalue weighted by Crippen LogP contribution is -1.90. The highest BCUT2D eigenvalue weighted by molar-refractivity contribution is 9.10. The second-order valence-electron chi connectivity index (χ2n) is 6.09. The Hall–Kier alpha value is -1.16. The number of hydrogen-bond acceptors (Lipinski definition) is 2. The molecule has 0 nitrogen and oxygen atoms in total.